The Morgan fingerprint density at radius 2 is 0.471 bits per heavy atom. The molecule has 0 aromatic heterocycles. The predicted molar refractivity (Wildman–Crippen MR) is 302 cm³/mol. The SMILES string of the molecule is CCCCCCC/C=C\CCCCCCCC(=O)OC[C@H](COC(=O)CCCCCCCCCCC/C=C\CCCCCCCC)OC(=O)CCCCCCCCCCC/C=C\CCCCCCCC. The molecule has 6 heteroatoms. The minimum absolute atomic E-state index is 0.0739. The molecule has 0 unspecified atom stereocenters. The van der Waals surface area contributed by atoms with Gasteiger partial charge in [0.05, 0.1) is 0 Å². The second kappa shape index (κ2) is 59.2. The van der Waals surface area contributed by atoms with Crippen molar-refractivity contribution in [3.63, 3.8) is 0 Å². The lowest BCUT2D eigenvalue weighted by atomic mass is 10.1. The minimum atomic E-state index is -0.776. The standard InChI is InChI=1S/C64H118O6/c1-4-7-10-13-16-19-22-25-28-30-32-34-36-39-42-45-48-51-54-57-63(66)69-60-61(59-68-62(65)56-53-50-47-44-41-38-27-24-21-18-15-12-9-6-3)70-64(67)58-55-52-49-46-43-40-37-35-33-31-29-26-23-20-17-14-11-8-5-2/h24-29,61H,4-23,30-60H2,1-3H3/b27-24-,28-25-,29-26-/t61-/m1/s1. The summed E-state index contributed by atoms with van der Waals surface area (Å²) in [7, 11) is 0. The summed E-state index contributed by atoms with van der Waals surface area (Å²) in [5.41, 5.74) is 0. The molecule has 0 aliphatic heterocycles. The first-order valence-electron chi connectivity index (χ1n) is 31.0. The fourth-order valence-corrected chi connectivity index (χ4v) is 9.13. The van der Waals surface area contributed by atoms with Crippen LogP contribution in [0.5, 0.6) is 0 Å². The number of ether oxygens (including phenoxy) is 3. The molecule has 410 valence electrons. The molecule has 0 heterocycles. The Bertz CT molecular complexity index is 1170. The Hall–Kier alpha value is -2.37. The fraction of sp³-hybridized carbons (Fsp3) is 0.859. The summed E-state index contributed by atoms with van der Waals surface area (Å²) >= 11 is 0. The number of allylic oxidation sites excluding steroid dienone is 6. The molecule has 1 atom stereocenters. The topological polar surface area (TPSA) is 78.9 Å². The zero-order chi connectivity index (χ0) is 50.7. The Morgan fingerprint density at radius 1 is 0.271 bits per heavy atom. The number of carbonyl (C=O) groups excluding carboxylic acids is 3. The summed E-state index contributed by atoms with van der Waals surface area (Å²) in [4.78, 5) is 38.2. The van der Waals surface area contributed by atoms with Gasteiger partial charge in [0.1, 0.15) is 13.2 Å². The van der Waals surface area contributed by atoms with Crippen molar-refractivity contribution in [1.82, 2.24) is 0 Å². The van der Waals surface area contributed by atoms with Gasteiger partial charge in [-0.15, -0.1) is 0 Å². The Balaban J connectivity index is 4.33. The van der Waals surface area contributed by atoms with E-state index in [0.29, 0.717) is 19.3 Å². The van der Waals surface area contributed by atoms with Crippen LogP contribution in [0.25, 0.3) is 0 Å². The van der Waals surface area contributed by atoms with Gasteiger partial charge in [0.25, 0.3) is 0 Å². The third-order valence-corrected chi connectivity index (χ3v) is 13.8. The van der Waals surface area contributed by atoms with Crippen LogP contribution >= 0.6 is 0 Å². The van der Waals surface area contributed by atoms with E-state index in [1.54, 1.807) is 0 Å². The highest BCUT2D eigenvalue weighted by atomic mass is 16.6. The fourth-order valence-electron chi connectivity index (χ4n) is 9.13. The van der Waals surface area contributed by atoms with E-state index in [1.807, 2.05) is 0 Å². The summed E-state index contributed by atoms with van der Waals surface area (Å²) < 4.78 is 16.9. The molecule has 0 bridgehead atoms. The molecule has 0 aromatic rings. The molecule has 0 aliphatic rings. The van der Waals surface area contributed by atoms with Gasteiger partial charge in [-0.3, -0.25) is 14.4 Å². The molecule has 0 saturated carbocycles. The Labute approximate surface area is 435 Å². The molecule has 6 nitrogen and oxygen atoms in total. The number of hydrogen-bond donors (Lipinski definition) is 0. The zero-order valence-electron chi connectivity index (χ0n) is 47.1. The van der Waals surface area contributed by atoms with Gasteiger partial charge in [-0.25, -0.2) is 0 Å². The second-order valence-electron chi connectivity index (χ2n) is 21.0. The van der Waals surface area contributed by atoms with Gasteiger partial charge in [0, 0.05) is 19.3 Å². The lowest BCUT2D eigenvalue weighted by Gasteiger charge is -2.18. The van der Waals surface area contributed by atoms with Crippen LogP contribution in [-0.4, -0.2) is 37.2 Å². The lowest BCUT2D eigenvalue weighted by Crippen LogP contribution is -2.30. The molecule has 0 fully saturated rings. The molecule has 0 radical (unpaired) electrons. The smallest absolute Gasteiger partial charge is 0.306 e. The van der Waals surface area contributed by atoms with E-state index in [-0.39, 0.29) is 31.1 Å². The van der Waals surface area contributed by atoms with Crippen molar-refractivity contribution in [1.29, 1.82) is 0 Å². The highest BCUT2D eigenvalue weighted by molar-refractivity contribution is 5.71. The minimum Gasteiger partial charge on any atom is -0.462 e. The summed E-state index contributed by atoms with van der Waals surface area (Å²) in [6.45, 7) is 6.66. The Kier molecular flexibility index (Phi) is 57.2. The third kappa shape index (κ3) is 56.5. The first-order chi connectivity index (χ1) is 34.5. The molecule has 0 saturated heterocycles. The normalized spacial score (nSPS) is 12.2. The number of esters is 3. The van der Waals surface area contributed by atoms with Gasteiger partial charge >= 0.3 is 17.9 Å². The van der Waals surface area contributed by atoms with Crippen molar-refractivity contribution in [3.8, 4) is 0 Å². The Morgan fingerprint density at radius 3 is 0.714 bits per heavy atom. The van der Waals surface area contributed by atoms with Crippen LogP contribution in [0.15, 0.2) is 36.5 Å². The summed E-state index contributed by atoms with van der Waals surface area (Å²) in [5.74, 6) is -0.867. The molecule has 0 aliphatic carbocycles. The first kappa shape index (κ1) is 67.6. The summed E-state index contributed by atoms with van der Waals surface area (Å²) in [5, 5.41) is 0. The largest absolute Gasteiger partial charge is 0.462 e. The van der Waals surface area contributed by atoms with Crippen molar-refractivity contribution in [3.05, 3.63) is 36.5 Å². The quantitative estimate of drug-likeness (QED) is 0.0261. The van der Waals surface area contributed by atoms with E-state index in [0.717, 1.165) is 64.2 Å². The summed E-state index contributed by atoms with van der Waals surface area (Å²) in [6, 6.07) is 0. The molecule has 0 amide bonds. The van der Waals surface area contributed by atoms with E-state index in [2.05, 4.69) is 57.2 Å². The van der Waals surface area contributed by atoms with Crippen LogP contribution in [0.1, 0.15) is 335 Å². The van der Waals surface area contributed by atoms with Crippen LogP contribution in [-0.2, 0) is 28.6 Å². The molecule has 0 rings (SSSR count). The molecular formula is C64H118O6. The van der Waals surface area contributed by atoms with Gasteiger partial charge in [0.2, 0.25) is 0 Å². The maximum Gasteiger partial charge on any atom is 0.306 e. The van der Waals surface area contributed by atoms with Gasteiger partial charge in [-0.05, 0) is 96.3 Å². The first-order valence-corrected chi connectivity index (χ1v) is 31.0. The van der Waals surface area contributed by atoms with Crippen molar-refractivity contribution < 1.29 is 28.6 Å². The van der Waals surface area contributed by atoms with E-state index in [1.165, 1.54) is 231 Å². The van der Waals surface area contributed by atoms with Gasteiger partial charge in [0.15, 0.2) is 6.10 Å². The van der Waals surface area contributed by atoms with Crippen molar-refractivity contribution >= 4 is 17.9 Å². The van der Waals surface area contributed by atoms with Crippen molar-refractivity contribution in [2.75, 3.05) is 13.2 Å². The molecular weight excluding hydrogens is 865 g/mol. The van der Waals surface area contributed by atoms with Gasteiger partial charge in [-0.1, -0.05) is 256 Å². The second-order valence-corrected chi connectivity index (χ2v) is 21.0. The van der Waals surface area contributed by atoms with Crippen LogP contribution in [0.2, 0.25) is 0 Å². The van der Waals surface area contributed by atoms with Crippen molar-refractivity contribution in [2.24, 2.45) is 0 Å². The maximum atomic E-state index is 12.9. The zero-order valence-corrected chi connectivity index (χ0v) is 47.1. The number of hydrogen-bond acceptors (Lipinski definition) is 6. The van der Waals surface area contributed by atoms with Crippen LogP contribution in [0, 0.1) is 0 Å². The highest BCUT2D eigenvalue weighted by Gasteiger charge is 2.19. The van der Waals surface area contributed by atoms with E-state index < -0.39 is 6.10 Å². The average Bonchev–Trinajstić information content (AvgIpc) is 3.36. The van der Waals surface area contributed by atoms with E-state index in [4.69, 9.17) is 14.2 Å². The number of unbranched alkanes of at least 4 members (excludes halogenated alkanes) is 40. The van der Waals surface area contributed by atoms with Crippen LogP contribution < -0.4 is 0 Å². The van der Waals surface area contributed by atoms with Crippen molar-refractivity contribution in [2.45, 2.75) is 341 Å². The predicted octanol–water partition coefficient (Wildman–Crippen LogP) is 20.8. The molecule has 70 heavy (non-hydrogen) atoms. The lowest BCUT2D eigenvalue weighted by molar-refractivity contribution is -0.167. The van der Waals surface area contributed by atoms with Gasteiger partial charge < -0.3 is 14.2 Å². The highest BCUT2D eigenvalue weighted by Crippen LogP contribution is 2.16. The van der Waals surface area contributed by atoms with Gasteiger partial charge in [-0.2, -0.15) is 0 Å². The molecule has 0 spiro atoms. The average molecular weight is 984 g/mol. The summed E-state index contributed by atoms with van der Waals surface area (Å²) in [6.07, 6.45) is 71.4. The molecule has 0 N–H and O–H groups in total. The van der Waals surface area contributed by atoms with E-state index in [9.17, 15) is 14.4 Å². The van der Waals surface area contributed by atoms with E-state index >= 15 is 0 Å². The third-order valence-electron chi connectivity index (χ3n) is 13.8. The number of carbonyl (C=O) groups is 3. The maximum absolute atomic E-state index is 12.9. The van der Waals surface area contributed by atoms with Crippen LogP contribution in [0.4, 0.5) is 0 Å². The van der Waals surface area contributed by atoms with Crippen LogP contribution in [0.3, 0.4) is 0 Å². The number of rotatable bonds is 57. The monoisotopic (exact) mass is 983 g/mol. The molecule has 0 aromatic carbocycles.